The second kappa shape index (κ2) is 12.4. The van der Waals surface area contributed by atoms with Crippen molar-refractivity contribution in [2.24, 2.45) is 5.92 Å². The van der Waals surface area contributed by atoms with Gasteiger partial charge in [0.2, 0.25) is 0 Å². The number of nitrogens with zero attached hydrogens (tertiary/aromatic N) is 5. The number of anilines is 3. The van der Waals surface area contributed by atoms with Crippen LogP contribution in [0.15, 0.2) is 47.5 Å². The molecule has 1 amide bonds. The number of carbonyl (C=O) groups is 1. The maximum atomic E-state index is 13.4. The summed E-state index contributed by atoms with van der Waals surface area (Å²) < 4.78 is 35.8. The molecule has 1 aliphatic rings. The van der Waals surface area contributed by atoms with E-state index in [0.717, 1.165) is 17.1 Å². The highest BCUT2D eigenvalue weighted by molar-refractivity contribution is 7.90. The van der Waals surface area contributed by atoms with Crippen LogP contribution in [0, 0.1) is 17.2 Å². The van der Waals surface area contributed by atoms with Gasteiger partial charge in [-0.3, -0.25) is 14.1 Å². The number of carbonyl (C=O) groups excluding carboxylic acids is 1. The SMILES string of the molecule is CCN(C)S(=O)(=O)Nc1cccc(Nc2ccc3ncn(CC4CCN(C(=O)OC(C)(C)C)CC4)c(=O)c3c2)c1C#N. The summed E-state index contributed by atoms with van der Waals surface area (Å²) in [6.45, 7) is 9.11. The van der Waals surface area contributed by atoms with E-state index in [9.17, 15) is 23.3 Å². The molecule has 3 aromatic rings. The summed E-state index contributed by atoms with van der Waals surface area (Å²) in [5, 5.41) is 13.4. The highest BCUT2D eigenvalue weighted by Gasteiger charge is 2.27. The van der Waals surface area contributed by atoms with Gasteiger partial charge in [-0.1, -0.05) is 13.0 Å². The van der Waals surface area contributed by atoms with Crippen molar-refractivity contribution in [1.82, 2.24) is 18.8 Å². The van der Waals surface area contributed by atoms with Crippen molar-refractivity contribution in [3.63, 3.8) is 0 Å². The summed E-state index contributed by atoms with van der Waals surface area (Å²) in [4.78, 5) is 32.0. The molecular weight excluding hydrogens is 558 g/mol. The largest absolute Gasteiger partial charge is 0.444 e. The number of amides is 1. The van der Waals surface area contributed by atoms with Gasteiger partial charge in [0, 0.05) is 38.9 Å². The van der Waals surface area contributed by atoms with E-state index >= 15 is 0 Å². The normalized spacial score (nSPS) is 14.5. The first-order valence-corrected chi connectivity index (χ1v) is 15.3. The van der Waals surface area contributed by atoms with Gasteiger partial charge in [0.05, 0.1) is 34.2 Å². The Balaban J connectivity index is 1.51. The molecule has 0 radical (unpaired) electrons. The smallest absolute Gasteiger partial charge is 0.410 e. The number of benzene rings is 2. The lowest BCUT2D eigenvalue weighted by molar-refractivity contribution is 0.0178. The molecule has 1 fully saturated rings. The van der Waals surface area contributed by atoms with Gasteiger partial charge in [0.1, 0.15) is 11.7 Å². The first kappa shape index (κ1) is 30.8. The number of rotatable bonds is 8. The number of nitrogens with one attached hydrogen (secondary N) is 2. The molecule has 2 heterocycles. The zero-order chi connectivity index (χ0) is 30.7. The number of piperidine rings is 1. The fourth-order valence-corrected chi connectivity index (χ4v) is 5.62. The van der Waals surface area contributed by atoms with Gasteiger partial charge in [-0.2, -0.15) is 18.0 Å². The van der Waals surface area contributed by atoms with Gasteiger partial charge in [0.25, 0.3) is 5.56 Å². The van der Waals surface area contributed by atoms with Crippen LogP contribution in [-0.2, 0) is 21.5 Å². The predicted molar refractivity (Wildman–Crippen MR) is 162 cm³/mol. The van der Waals surface area contributed by atoms with Gasteiger partial charge in [-0.25, -0.2) is 9.78 Å². The van der Waals surface area contributed by atoms with Crippen molar-refractivity contribution in [1.29, 1.82) is 5.26 Å². The minimum atomic E-state index is -3.83. The molecule has 0 atom stereocenters. The lowest BCUT2D eigenvalue weighted by Gasteiger charge is -2.33. The summed E-state index contributed by atoms with van der Waals surface area (Å²) in [7, 11) is -2.38. The topological polar surface area (TPSA) is 150 Å². The van der Waals surface area contributed by atoms with Crippen molar-refractivity contribution < 1.29 is 17.9 Å². The van der Waals surface area contributed by atoms with Crippen molar-refractivity contribution >= 4 is 44.3 Å². The highest BCUT2D eigenvalue weighted by atomic mass is 32.2. The van der Waals surface area contributed by atoms with E-state index in [-0.39, 0.29) is 35.4 Å². The number of aromatic nitrogens is 2. The average molecular weight is 596 g/mol. The molecule has 0 spiro atoms. The van der Waals surface area contributed by atoms with E-state index in [1.807, 2.05) is 20.8 Å². The molecule has 2 aromatic carbocycles. The second-order valence-electron chi connectivity index (χ2n) is 11.3. The third-order valence-electron chi connectivity index (χ3n) is 7.09. The lowest BCUT2D eigenvalue weighted by Crippen LogP contribution is -2.42. The van der Waals surface area contributed by atoms with Crippen molar-refractivity contribution in [3.05, 3.63) is 58.6 Å². The van der Waals surface area contributed by atoms with Gasteiger partial charge < -0.3 is 15.0 Å². The fraction of sp³-hybridized carbons (Fsp3) is 0.448. The van der Waals surface area contributed by atoms with Crippen LogP contribution in [0.25, 0.3) is 10.9 Å². The van der Waals surface area contributed by atoms with E-state index < -0.39 is 15.8 Å². The van der Waals surface area contributed by atoms with Gasteiger partial charge in [-0.15, -0.1) is 0 Å². The molecule has 0 bridgehead atoms. The van der Waals surface area contributed by atoms with E-state index in [0.29, 0.717) is 41.9 Å². The summed E-state index contributed by atoms with van der Waals surface area (Å²) in [5.74, 6) is 0.207. The Hall–Kier alpha value is -4.15. The molecule has 0 saturated carbocycles. The van der Waals surface area contributed by atoms with E-state index in [2.05, 4.69) is 21.1 Å². The lowest BCUT2D eigenvalue weighted by atomic mass is 9.97. The maximum absolute atomic E-state index is 13.4. The van der Waals surface area contributed by atoms with Crippen molar-refractivity contribution in [3.8, 4) is 6.07 Å². The van der Waals surface area contributed by atoms with E-state index in [4.69, 9.17) is 4.74 Å². The second-order valence-corrected chi connectivity index (χ2v) is 13.1. The van der Waals surface area contributed by atoms with Crippen LogP contribution in [0.5, 0.6) is 0 Å². The maximum Gasteiger partial charge on any atom is 0.410 e. The molecule has 224 valence electrons. The van der Waals surface area contributed by atoms with Crippen LogP contribution >= 0.6 is 0 Å². The van der Waals surface area contributed by atoms with Crippen molar-refractivity contribution in [2.45, 2.75) is 52.7 Å². The van der Waals surface area contributed by atoms with Gasteiger partial charge >= 0.3 is 16.3 Å². The number of likely N-dealkylation sites (tertiary alicyclic amines) is 1. The van der Waals surface area contributed by atoms with Gasteiger partial charge in [-0.05, 0) is 69.9 Å². The van der Waals surface area contributed by atoms with Crippen LogP contribution in [0.2, 0.25) is 0 Å². The molecule has 2 N–H and O–H groups in total. The Morgan fingerprint density at radius 2 is 1.88 bits per heavy atom. The van der Waals surface area contributed by atoms with Gasteiger partial charge in [0.15, 0.2) is 0 Å². The standard InChI is InChI=1S/C29H37N7O5S/c1-6-34(5)42(39,40)33-26-9-7-8-25(23(26)17-30)32-21-10-11-24-22(16-21)27(37)36(19-31-24)18-20-12-14-35(15-13-20)28(38)41-29(2,3)4/h7-11,16,19-20,32-33H,6,12-15,18H2,1-5H3. The van der Waals surface area contributed by atoms with Crippen LogP contribution < -0.4 is 15.6 Å². The van der Waals surface area contributed by atoms with Crippen LogP contribution in [0.4, 0.5) is 21.9 Å². The van der Waals surface area contributed by atoms with Crippen LogP contribution in [0.1, 0.15) is 46.1 Å². The average Bonchev–Trinajstić information content (AvgIpc) is 2.93. The summed E-state index contributed by atoms with van der Waals surface area (Å²) in [6.07, 6.45) is 2.72. The number of hydrogen-bond acceptors (Lipinski definition) is 8. The highest BCUT2D eigenvalue weighted by Crippen LogP contribution is 2.29. The molecule has 1 saturated heterocycles. The number of nitriles is 1. The molecule has 0 aliphatic carbocycles. The summed E-state index contributed by atoms with van der Waals surface area (Å²) >= 11 is 0. The van der Waals surface area contributed by atoms with Crippen LogP contribution in [-0.4, -0.2) is 65.6 Å². The zero-order valence-corrected chi connectivity index (χ0v) is 25.4. The Labute approximate surface area is 246 Å². The summed E-state index contributed by atoms with van der Waals surface area (Å²) in [6, 6.07) is 12.0. The molecule has 1 aliphatic heterocycles. The van der Waals surface area contributed by atoms with E-state index in [1.54, 1.807) is 53.0 Å². The number of hydrogen-bond donors (Lipinski definition) is 2. The quantitative estimate of drug-likeness (QED) is 0.392. The fourth-order valence-electron chi connectivity index (χ4n) is 4.67. The molecule has 0 unspecified atom stereocenters. The molecule has 42 heavy (non-hydrogen) atoms. The number of ether oxygens (including phenoxy) is 1. The molecule has 13 heteroatoms. The predicted octanol–water partition coefficient (Wildman–Crippen LogP) is 4.27. The third kappa shape index (κ3) is 7.18. The third-order valence-corrected chi connectivity index (χ3v) is 8.65. The first-order valence-electron chi connectivity index (χ1n) is 13.8. The van der Waals surface area contributed by atoms with Crippen molar-refractivity contribution in [2.75, 3.05) is 36.7 Å². The Morgan fingerprint density at radius 1 is 1.19 bits per heavy atom. The minimum absolute atomic E-state index is 0.118. The Bertz CT molecular complexity index is 1670. The van der Waals surface area contributed by atoms with Crippen LogP contribution in [0.3, 0.4) is 0 Å². The first-order chi connectivity index (χ1) is 19.8. The molecular formula is C29H37N7O5S. The molecule has 4 rings (SSSR count). The number of fused-ring (bicyclic) bond motifs is 1. The molecule has 12 nitrogen and oxygen atoms in total. The zero-order valence-electron chi connectivity index (χ0n) is 24.5. The molecule has 1 aromatic heterocycles. The van der Waals surface area contributed by atoms with E-state index in [1.165, 1.54) is 13.1 Å². The summed E-state index contributed by atoms with van der Waals surface area (Å²) in [5.41, 5.74) is 0.990. The Kier molecular flexibility index (Phi) is 9.08. The monoisotopic (exact) mass is 595 g/mol. The Morgan fingerprint density at radius 3 is 2.52 bits per heavy atom. The minimum Gasteiger partial charge on any atom is -0.444 e.